The number of hydrogen-bond acceptors (Lipinski definition) is 4. The van der Waals surface area contributed by atoms with Crippen LogP contribution >= 0.6 is 11.6 Å². The van der Waals surface area contributed by atoms with Gasteiger partial charge in [-0.15, -0.1) is 0 Å². The summed E-state index contributed by atoms with van der Waals surface area (Å²) in [6.07, 6.45) is 3.34. The van der Waals surface area contributed by atoms with E-state index in [1.165, 1.54) is 12.1 Å². The number of hydrogen-bond donors (Lipinski definition) is 2. The van der Waals surface area contributed by atoms with Crippen LogP contribution in [0.4, 0.5) is 5.69 Å². The highest BCUT2D eigenvalue weighted by Gasteiger charge is 2.16. The summed E-state index contributed by atoms with van der Waals surface area (Å²) < 4.78 is 10.5. The average Bonchev–Trinajstić information content (AvgIpc) is 2.97. The number of nitrogens with one attached hydrogen (secondary N) is 1. The van der Waals surface area contributed by atoms with E-state index in [1.807, 2.05) is 0 Å². The minimum Gasteiger partial charge on any atom is -0.480 e. The first-order valence-electron chi connectivity index (χ1n) is 7.10. The molecular formula is C15H18ClNO5. The van der Waals surface area contributed by atoms with E-state index in [4.69, 9.17) is 26.2 Å². The molecule has 0 aromatic heterocycles. The van der Waals surface area contributed by atoms with E-state index in [0.29, 0.717) is 18.5 Å². The molecule has 1 fully saturated rings. The number of rotatable bonds is 7. The SMILES string of the molecule is O=C(O)COc1ccc(NC(=O)CCC2CCCO2)cc1Cl. The summed E-state index contributed by atoms with van der Waals surface area (Å²) in [5, 5.41) is 11.5. The molecule has 22 heavy (non-hydrogen) atoms. The number of carbonyl (C=O) groups excluding carboxylic acids is 1. The van der Waals surface area contributed by atoms with E-state index < -0.39 is 12.6 Å². The van der Waals surface area contributed by atoms with Gasteiger partial charge in [-0.2, -0.15) is 0 Å². The molecule has 7 heteroatoms. The predicted molar refractivity (Wildman–Crippen MR) is 81.4 cm³/mol. The van der Waals surface area contributed by atoms with Gasteiger partial charge in [0.25, 0.3) is 0 Å². The van der Waals surface area contributed by atoms with E-state index >= 15 is 0 Å². The normalized spacial score (nSPS) is 17.2. The van der Waals surface area contributed by atoms with Crippen LogP contribution in [0.3, 0.4) is 0 Å². The minimum atomic E-state index is -1.08. The van der Waals surface area contributed by atoms with Gasteiger partial charge in [0.1, 0.15) is 5.75 Å². The topological polar surface area (TPSA) is 84.9 Å². The number of benzene rings is 1. The van der Waals surface area contributed by atoms with Crippen molar-refractivity contribution in [2.75, 3.05) is 18.5 Å². The number of amides is 1. The number of carboxylic acids is 1. The van der Waals surface area contributed by atoms with Crippen molar-refractivity contribution >= 4 is 29.2 Å². The highest BCUT2D eigenvalue weighted by atomic mass is 35.5. The van der Waals surface area contributed by atoms with Crippen LogP contribution < -0.4 is 10.1 Å². The van der Waals surface area contributed by atoms with Crippen molar-refractivity contribution in [1.29, 1.82) is 0 Å². The van der Waals surface area contributed by atoms with Crippen molar-refractivity contribution in [1.82, 2.24) is 0 Å². The second kappa shape index (κ2) is 8.00. The molecule has 0 saturated carbocycles. The van der Waals surface area contributed by atoms with Gasteiger partial charge in [-0.25, -0.2) is 4.79 Å². The summed E-state index contributed by atoms with van der Waals surface area (Å²) in [4.78, 5) is 22.3. The first kappa shape index (κ1) is 16.6. The second-order valence-electron chi connectivity index (χ2n) is 5.05. The van der Waals surface area contributed by atoms with Crippen molar-refractivity contribution in [3.05, 3.63) is 23.2 Å². The molecule has 1 aromatic carbocycles. The molecule has 1 saturated heterocycles. The quantitative estimate of drug-likeness (QED) is 0.804. The standard InChI is InChI=1S/C15H18ClNO5/c16-12-8-10(3-5-13(12)22-9-15(19)20)17-14(18)6-4-11-2-1-7-21-11/h3,5,8,11H,1-2,4,6-7,9H2,(H,17,18)(H,19,20). The molecule has 0 aliphatic carbocycles. The average molecular weight is 328 g/mol. The van der Waals surface area contributed by atoms with Gasteiger partial charge in [-0.3, -0.25) is 4.79 Å². The molecule has 1 aromatic rings. The molecular weight excluding hydrogens is 310 g/mol. The summed E-state index contributed by atoms with van der Waals surface area (Å²) in [7, 11) is 0. The highest BCUT2D eigenvalue weighted by Crippen LogP contribution is 2.28. The zero-order chi connectivity index (χ0) is 15.9. The lowest BCUT2D eigenvalue weighted by Gasteiger charge is -2.11. The predicted octanol–water partition coefficient (Wildman–Crippen LogP) is 2.70. The molecule has 0 bridgehead atoms. The largest absolute Gasteiger partial charge is 0.480 e. The number of aliphatic carboxylic acids is 1. The van der Waals surface area contributed by atoms with E-state index in [1.54, 1.807) is 6.07 Å². The Labute approximate surface area is 133 Å². The summed E-state index contributed by atoms with van der Waals surface area (Å²) in [5.74, 6) is -0.922. The number of carbonyl (C=O) groups is 2. The van der Waals surface area contributed by atoms with Gasteiger partial charge < -0.3 is 19.9 Å². The van der Waals surface area contributed by atoms with Crippen molar-refractivity contribution in [2.45, 2.75) is 31.8 Å². The van der Waals surface area contributed by atoms with E-state index in [2.05, 4.69) is 5.32 Å². The van der Waals surface area contributed by atoms with Gasteiger partial charge in [0.05, 0.1) is 11.1 Å². The Balaban J connectivity index is 1.82. The van der Waals surface area contributed by atoms with Gasteiger partial charge in [-0.1, -0.05) is 11.6 Å². The maximum absolute atomic E-state index is 11.9. The fourth-order valence-corrected chi connectivity index (χ4v) is 2.46. The van der Waals surface area contributed by atoms with Gasteiger partial charge >= 0.3 is 5.97 Å². The lowest BCUT2D eigenvalue weighted by molar-refractivity contribution is -0.139. The van der Waals surface area contributed by atoms with Gasteiger partial charge in [0, 0.05) is 18.7 Å². The smallest absolute Gasteiger partial charge is 0.341 e. The van der Waals surface area contributed by atoms with Crippen LogP contribution in [0, 0.1) is 0 Å². The van der Waals surface area contributed by atoms with Crippen molar-refractivity contribution in [3.8, 4) is 5.75 Å². The van der Waals surface area contributed by atoms with E-state index in [9.17, 15) is 9.59 Å². The lowest BCUT2D eigenvalue weighted by Crippen LogP contribution is -2.15. The van der Waals surface area contributed by atoms with Crippen LogP contribution in [0.5, 0.6) is 5.75 Å². The van der Waals surface area contributed by atoms with Gasteiger partial charge in [0.15, 0.2) is 6.61 Å². The van der Waals surface area contributed by atoms with Crippen LogP contribution in [0.1, 0.15) is 25.7 Å². The molecule has 1 aliphatic rings. The molecule has 1 heterocycles. The number of halogens is 1. The van der Waals surface area contributed by atoms with Gasteiger partial charge in [-0.05, 0) is 37.5 Å². The second-order valence-corrected chi connectivity index (χ2v) is 5.46. The molecule has 0 radical (unpaired) electrons. The number of anilines is 1. The van der Waals surface area contributed by atoms with Crippen LogP contribution in [0.2, 0.25) is 5.02 Å². The Bertz CT molecular complexity index is 543. The van der Waals surface area contributed by atoms with E-state index in [-0.39, 0.29) is 22.8 Å². The molecule has 1 aliphatic heterocycles. The fourth-order valence-electron chi connectivity index (χ4n) is 2.22. The van der Waals surface area contributed by atoms with Crippen molar-refractivity contribution < 1.29 is 24.2 Å². The minimum absolute atomic E-state index is 0.106. The maximum Gasteiger partial charge on any atom is 0.341 e. The van der Waals surface area contributed by atoms with Crippen LogP contribution in [0.25, 0.3) is 0 Å². The molecule has 6 nitrogen and oxygen atoms in total. The lowest BCUT2D eigenvalue weighted by atomic mass is 10.1. The molecule has 1 unspecified atom stereocenters. The summed E-state index contributed by atoms with van der Waals surface area (Å²) in [6, 6.07) is 4.68. The maximum atomic E-state index is 11.9. The fraction of sp³-hybridized carbons (Fsp3) is 0.467. The number of carboxylic acid groups (broad SMARTS) is 1. The molecule has 2 rings (SSSR count). The highest BCUT2D eigenvalue weighted by molar-refractivity contribution is 6.32. The Hall–Kier alpha value is -1.79. The van der Waals surface area contributed by atoms with E-state index in [0.717, 1.165) is 19.4 Å². The first-order valence-corrected chi connectivity index (χ1v) is 7.48. The zero-order valence-electron chi connectivity index (χ0n) is 12.0. The van der Waals surface area contributed by atoms with Crippen LogP contribution in [-0.2, 0) is 14.3 Å². The Morgan fingerprint density at radius 1 is 1.45 bits per heavy atom. The first-order chi connectivity index (χ1) is 10.5. The monoisotopic (exact) mass is 327 g/mol. The Kier molecular flexibility index (Phi) is 6.03. The zero-order valence-corrected chi connectivity index (χ0v) is 12.8. The third-order valence-electron chi connectivity index (χ3n) is 3.28. The van der Waals surface area contributed by atoms with Gasteiger partial charge in [0.2, 0.25) is 5.91 Å². The molecule has 2 N–H and O–H groups in total. The summed E-state index contributed by atoms with van der Waals surface area (Å²) >= 11 is 5.99. The Morgan fingerprint density at radius 3 is 2.91 bits per heavy atom. The third-order valence-corrected chi connectivity index (χ3v) is 3.58. The molecule has 0 spiro atoms. The molecule has 120 valence electrons. The van der Waals surface area contributed by atoms with Crippen molar-refractivity contribution in [2.24, 2.45) is 0 Å². The molecule has 1 amide bonds. The summed E-state index contributed by atoms with van der Waals surface area (Å²) in [6.45, 7) is 0.312. The van der Waals surface area contributed by atoms with Crippen LogP contribution in [-0.4, -0.2) is 36.3 Å². The third kappa shape index (κ3) is 5.20. The molecule has 1 atom stereocenters. The Morgan fingerprint density at radius 2 is 2.27 bits per heavy atom. The summed E-state index contributed by atoms with van der Waals surface area (Å²) in [5.41, 5.74) is 0.546. The number of ether oxygens (including phenoxy) is 2. The van der Waals surface area contributed by atoms with Crippen molar-refractivity contribution in [3.63, 3.8) is 0 Å². The van der Waals surface area contributed by atoms with Crippen LogP contribution in [0.15, 0.2) is 18.2 Å².